The van der Waals surface area contributed by atoms with Crippen molar-refractivity contribution in [1.82, 2.24) is 20.5 Å². The maximum absolute atomic E-state index is 13.2. The number of pyridine rings is 1. The predicted octanol–water partition coefficient (Wildman–Crippen LogP) is 3.91. The smallest absolute Gasteiger partial charge is 0.322 e. The molecule has 0 saturated carbocycles. The van der Waals surface area contributed by atoms with Crippen molar-refractivity contribution in [3.8, 4) is 17.0 Å². The average molecular weight is 493 g/mol. The Kier molecular flexibility index (Phi) is 5.19. The molecule has 1 aromatic heterocycles. The summed E-state index contributed by atoms with van der Waals surface area (Å²) in [7, 11) is 1.55. The number of fused-ring (bicyclic) bond motifs is 2. The van der Waals surface area contributed by atoms with Crippen LogP contribution in [0.15, 0.2) is 72.8 Å². The van der Waals surface area contributed by atoms with Gasteiger partial charge in [-0.15, -0.1) is 0 Å². The van der Waals surface area contributed by atoms with Gasteiger partial charge in [-0.25, -0.2) is 4.79 Å². The van der Waals surface area contributed by atoms with Gasteiger partial charge < -0.3 is 15.0 Å². The van der Waals surface area contributed by atoms with Crippen LogP contribution in [0.1, 0.15) is 27.2 Å². The van der Waals surface area contributed by atoms with Crippen molar-refractivity contribution in [2.75, 3.05) is 13.7 Å². The number of aryl methyl sites for hydroxylation is 1. The van der Waals surface area contributed by atoms with Gasteiger partial charge in [0.05, 0.1) is 19.3 Å². The zero-order valence-corrected chi connectivity index (χ0v) is 20.4. The Morgan fingerprint density at radius 1 is 1.00 bits per heavy atom. The van der Waals surface area contributed by atoms with Crippen molar-refractivity contribution in [1.29, 1.82) is 0 Å². The van der Waals surface area contributed by atoms with E-state index in [0.29, 0.717) is 23.4 Å². The lowest BCUT2D eigenvalue weighted by molar-refractivity contribution is -0.124. The number of methoxy groups -OCH3 is 1. The molecule has 2 aliphatic heterocycles. The Bertz CT molecular complexity index is 1600. The highest BCUT2D eigenvalue weighted by Gasteiger charge is 2.50. The first-order valence-corrected chi connectivity index (χ1v) is 11.9. The first kappa shape index (κ1) is 22.7. The molecule has 8 heteroatoms. The van der Waals surface area contributed by atoms with E-state index in [2.05, 4.69) is 16.7 Å². The average Bonchev–Trinajstić information content (AvgIpc) is 3.37. The van der Waals surface area contributed by atoms with Crippen molar-refractivity contribution >= 4 is 28.6 Å². The summed E-state index contributed by atoms with van der Waals surface area (Å²) >= 11 is 0. The molecular weight excluding hydrogens is 468 g/mol. The summed E-state index contributed by atoms with van der Waals surface area (Å²) < 4.78 is 5.26. The molecule has 184 valence electrons. The van der Waals surface area contributed by atoms with Crippen molar-refractivity contribution < 1.29 is 19.1 Å². The quantitative estimate of drug-likeness (QED) is 0.412. The van der Waals surface area contributed by atoms with Gasteiger partial charge in [-0.2, -0.15) is 0 Å². The Morgan fingerprint density at radius 3 is 2.51 bits per heavy atom. The number of urea groups is 1. The fourth-order valence-electron chi connectivity index (χ4n) is 5.24. The molecule has 4 amide bonds. The first-order valence-electron chi connectivity index (χ1n) is 11.9. The second-order valence-electron chi connectivity index (χ2n) is 9.41. The lowest BCUT2D eigenvalue weighted by Gasteiger charge is -2.31. The minimum Gasteiger partial charge on any atom is -0.497 e. The summed E-state index contributed by atoms with van der Waals surface area (Å²) in [6.45, 7) is 2.28. The van der Waals surface area contributed by atoms with E-state index < -0.39 is 17.5 Å². The summed E-state index contributed by atoms with van der Waals surface area (Å²) in [5.41, 5.74) is 3.18. The maximum Gasteiger partial charge on any atom is 0.322 e. The molecule has 0 radical (unpaired) electrons. The van der Waals surface area contributed by atoms with Gasteiger partial charge in [-0.1, -0.05) is 54.6 Å². The summed E-state index contributed by atoms with van der Waals surface area (Å²) in [5.74, 6) is -0.122. The third-order valence-corrected chi connectivity index (χ3v) is 7.09. The summed E-state index contributed by atoms with van der Waals surface area (Å²) in [6, 6.07) is 22.3. The molecule has 37 heavy (non-hydrogen) atoms. The van der Waals surface area contributed by atoms with Crippen LogP contribution in [0.25, 0.3) is 22.0 Å². The number of carbonyl (C=O) groups excluding carboxylic acids is 3. The summed E-state index contributed by atoms with van der Waals surface area (Å²) in [6.07, 6.45) is 0. The molecule has 4 aromatic rings. The number of aromatic nitrogens is 1. The molecule has 3 heterocycles. The van der Waals surface area contributed by atoms with Crippen LogP contribution in [-0.4, -0.2) is 41.4 Å². The van der Waals surface area contributed by atoms with Gasteiger partial charge in [0.15, 0.2) is 5.54 Å². The van der Waals surface area contributed by atoms with Gasteiger partial charge in [0, 0.05) is 28.8 Å². The molecule has 0 bridgehead atoms. The first-order chi connectivity index (χ1) is 17.9. The summed E-state index contributed by atoms with van der Waals surface area (Å²) in [5, 5.41) is 7.27. The molecule has 1 atom stereocenters. The van der Waals surface area contributed by atoms with Crippen LogP contribution < -0.4 is 15.4 Å². The lowest BCUT2D eigenvalue weighted by Crippen LogP contribution is -2.52. The Balaban J connectivity index is 1.37. The molecule has 1 fully saturated rings. The zero-order chi connectivity index (χ0) is 25.7. The summed E-state index contributed by atoms with van der Waals surface area (Å²) in [4.78, 5) is 45.1. The predicted molar refractivity (Wildman–Crippen MR) is 138 cm³/mol. The molecule has 2 aliphatic rings. The Labute approximate surface area is 213 Å². The molecular formula is C29H24N4O4. The third-order valence-electron chi connectivity index (χ3n) is 7.09. The van der Waals surface area contributed by atoms with Crippen molar-refractivity contribution in [3.63, 3.8) is 0 Å². The largest absolute Gasteiger partial charge is 0.497 e. The number of amides is 4. The molecule has 1 saturated heterocycles. The van der Waals surface area contributed by atoms with Gasteiger partial charge in [-0.3, -0.25) is 19.9 Å². The number of carbonyl (C=O) groups is 3. The standard InChI is InChI=1S/C29H24N4O4/c1-17-13-19-5-3-4-6-23(19)25(30-17)18-7-10-21(11-8-18)29(27(35)31-28(36)32-29)16-33-15-20-9-12-22(37-2)14-24(20)26(33)34/h3-14H,15-16H2,1-2H3,(H2,31,32,35,36)/t29-/m0/s1. The van der Waals surface area contributed by atoms with E-state index in [9.17, 15) is 14.4 Å². The Hall–Kier alpha value is -4.72. The van der Waals surface area contributed by atoms with Crippen molar-refractivity contribution in [3.05, 3.63) is 95.2 Å². The normalized spacial score (nSPS) is 18.6. The number of imide groups is 1. The van der Waals surface area contributed by atoms with E-state index in [1.807, 2.05) is 61.5 Å². The van der Waals surface area contributed by atoms with E-state index in [0.717, 1.165) is 33.3 Å². The second kappa shape index (κ2) is 8.44. The second-order valence-corrected chi connectivity index (χ2v) is 9.41. The number of nitrogens with zero attached hydrogens (tertiary/aromatic N) is 2. The van der Waals surface area contributed by atoms with E-state index in [1.165, 1.54) is 0 Å². The molecule has 3 aromatic carbocycles. The molecule has 8 nitrogen and oxygen atoms in total. The van der Waals surface area contributed by atoms with Gasteiger partial charge >= 0.3 is 6.03 Å². The van der Waals surface area contributed by atoms with E-state index in [4.69, 9.17) is 9.72 Å². The zero-order valence-electron chi connectivity index (χ0n) is 20.4. The third kappa shape index (κ3) is 3.69. The van der Waals surface area contributed by atoms with Crippen LogP contribution >= 0.6 is 0 Å². The SMILES string of the molecule is COc1ccc2c(c1)C(=O)N(C[C@@]1(c3ccc(-c4nc(C)cc5ccccc45)cc3)NC(=O)NC1=O)C2. The van der Waals surface area contributed by atoms with E-state index in [1.54, 1.807) is 24.1 Å². The highest BCUT2D eigenvalue weighted by atomic mass is 16.5. The molecule has 0 spiro atoms. The van der Waals surface area contributed by atoms with Crippen molar-refractivity contribution in [2.24, 2.45) is 0 Å². The van der Waals surface area contributed by atoms with E-state index >= 15 is 0 Å². The fourth-order valence-corrected chi connectivity index (χ4v) is 5.24. The van der Waals surface area contributed by atoms with Crippen LogP contribution in [0.2, 0.25) is 0 Å². The number of hydrogen-bond acceptors (Lipinski definition) is 5. The van der Waals surface area contributed by atoms with Gasteiger partial charge in [0.1, 0.15) is 5.75 Å². The number of benzene rings is 3. The maximum atomic E-state index is 13.2. The lowest BCUT2D eigenvalue weighted by atomic mass is 9.88. The Morgan fingerprint density at radius 2 is 1.78 bits per heavy atom. The number of hydrogen-bond donors (Lipinski definition) is 2. The minimum atomic E-state index is -1.42. The minimum absolute atomic E-state index is 0.00856. The highest BCUT2D eigenvalue weighted by Crippen LogP contribution is 2.34. The van der Waals surface area contributed by atoms with Crippen LogP contribution in [0.4, 0.5) is 4.79 Å². The molecule has 6 rings (SSSR count). The fraction of sp³-hybridized carbons (Fsp3) is 0.172. The van der Waals surface area contributed by atoms with Gasteiger partial charge in [-0.05, 0) is 41.6 Å². The van der Waals surface area contributed by atoms with Crippen LogP contribution in [0, 0.1) is 6.92 Å². The molecule has 0 unspecified atom stereocenters. The van der Waals surface area contributed by atoms with Crippen LogP contribution in [-0.2, 0) is 16.9 Å². The van der Waals surface area contributed by atoms with E-state index in [-0.39, 0.29) is 12.5 Å². The number of ether oxygens (including phenoxy) is 1. The monoisotopic (exact) mass is 492 g/mol. The van der Waals surface area contributed by atoms with Crippen LogP contribution in [0.5, 0.6) is 5.75 Å². The topological polar surface area (TPSA) is 101 Å². The van der Waals surface area contributed by atoms with Gasteiger partial charge in [0.2, 0.25) is 0 Å². The highest BCUT2D eigenvalue weighted by molar-refractivity contribution is 6.08. The van der Waals surface area contributed by atoms with Crippen molar-refractivity contribution in [2.45, 2.75) is 19.0 Å². The van der Waals surface area contributed by atoms with Crippen LogP contribution in [0.3, 0.4) is 0 Å². The number of rotatable bonds is 5. The molecule has 2 N–H and O–H groups in total. The number of nitrogens with one attached hydrogen (secondary N) is 2. The molecule has 0 aliphatic carbocycles. The van der Waals surface area contributed by atoms with Gasteiger partial charge in [0.25, 0.3) is 11.8 Å².